The Bertz CT molecular complexity index is 290. The Hall–Kier alpha value is -0.960. The van der Waals surface area contributed by atoms with Crippen molar-refractivity contribution < 1.29 is 0 Å². The Labute approximate surface area is 98.7 Å². The van der Waals surface area contributed by atoms with Crippen LogP contribution >= 0.6 is 0 Å². The molecule has 0 saturated carbocycles. The number of aromatic nitrogens is 2. The van der Waals surface area contributed by atoms with Crippen LogP contribution in [0.15, 0.2) is 18.6 Å². The van der Waals surface area contributed by atoms with E-state index >= 15 is 0 Å². The first-order chi connectivity index (χ1) is 7.53. The molecule has 0 aliphatic heterocycles. The van der Waals surface area contributed by atoms with Gasteiger partial charge in [-0.05, 0) is 30.9 Å². The largest absolute Gasteiger partial charge is 0.309 e. The molecule has 0 fully saturated rings. The van der Waals surface area contributed by atoms with Gasteiger partial charge in [0.15, 0.2) is 0 Å². The van der Waals surface area contributed by atoms with Gasteiger partial charge in [-0.25, -0.2) is 9.97 Å². The van der Waals surface area contributed by atoms with E-state index in [1.807, 2.05) is 12.3 Å². The van der Waals surface area contributed by atoms with Crippen LogP contribution in [-0.2, 0) is 0 Å². The van der Waals surface area contributed by atoms with Crippen LogP contribution in [-0.4, -0.2) is 16.5 Å². The van der Waals surface area contributed by atoms with Crippen LogP contribution in [0.4, 0.5) is 0 Å². The predicted molar refractivity (Wildman–Crippen MR) is 67.1 cm³/mol. The Morgan fingerprint density at radius 3 is 2.62 bits per heavy atom. The van der Waals surface area contributed by atoms with Gasteiger partial charge >= 0.3 is 0 Å². The smallest absolute Gasteiger partial charge is 0.115 e. The molecule has 1 rings (SSSR count). The van der Waals surface area contributed by atoms with E-state index in [2.05, 4.69) is 43.0 Å². The fourth-order valence-electron chi connectivity index (χ4n) is 1.69. The molecule has 3 nitrogen and oxygen atoms in total. The summed E-state index contributed by atoms with van der Waals surface area (Å²) in [5, 5.41) is 3.48. The molecule has 3 heteroatoms. The van der Waals surface area contributed by atoms with Crippen LogP contribution in [0.2, 0.25) is 0 Å². The minimum absolute atomic E-state index is 0.354. The van der Waals surface area contributed by atoms with E-state index < -0.39 is 0 Å². The third-order valence-corrected chi connectivity index (χ3v) is 2.60. The maximum absolute atomic E-state index is 4.32. The Kier molecular flexibility index (Phi) is 4.87. The van der Waals surface area contributed by atoms with Gasteiger partial charge in [0.2, 0.25) is 0 Å². The second-order valence-electron chi connectivity index (χ2n) is 5.34. The van der Waals surface area contributed by atoms with E-state index in [9.17, 15) is 0 Å². The molecule has 1 N–H and O–H groups in total. The van der Waals surface area contributed by atoms with Crippen molar-refractivity contribution >= 4 is 0 Å². The first-order valence-electron chi connectivity index (χ1n) is 6.02. The van der Waals surface area contributed by atoms with Gasteiger partial charge in [0.05, 0.1) is 5.69 Å². The highest BCUT2D eigenvalue weighted by molar-refractivity contribution is 5.04. The van der Waals surface area contributed by atoms with Gasteiger partial charge in [-0.1, -0.05) is 27.7 Å². The maximum Gasteiger partial charge on any atom is 0.115 e. The fourth-order valence-corrected chi connectivity index (χ4v) is 1.69. The summed E-state index contributed by atoms with van der Waals surface area (Å²) in [6, 6.07) is 2.35. The number of rotatable bonds is 5. The van der Waals surface area contributed by atoms with E-state index in [-0.39, 0.29) is 0 Å². The van der Waals surface area contributed by atoms with Gasteiger partial charge in [0.1, 0.15) is 6.33 Å². The first kappa shape index (κ1) is 13.1. The number of hydrogen-bond acceptors (Lipinski definition) is 3. The molecule has 0 aliphatic rings. The minimum atomic E-state index is 0.354. The maximum atomic E-state index is 4.32. The van der Waals surface area contributed by atoms with Crippen molar-refractivity contribution in [2.24, 2.45) is 5.41 Å². The molecule has 1 atom stereocenters. The number of hydrogen-bond donors (Lipinski definition) is 1. The molecular weight excluding hydrogens is 198 g/mol. The van der Waals surface area contributed by atoms with Gasteiger partial charge < -0.3 is 5.32 Å². The van der Waals surface area contributed by atoms with E-state index in [0.29, 0.717) is 11.5 Å². The summed E-state index contributed by atoms with van der Waals surface area (Å²) >= 11 is 0. The minimum Gasteiger partial charge on any atom is -0.309 e. The van der Waals surface area contributed by atoms with E-state index in [4.69, 9.17) is 0 Å². The summed E-state index contributed by atoms with van der Waals surface area (Å²) < 4.78 is 0. The lowest BCUT2D eigenvalue weighted by Crippen LogP contribution is -2.23. The average molecular weight is 221 g/mol. The molecule has 90 valence electrons. The number of nitrogens with one attached hydrogen (secondary N) is 1. The molecule has 0 aliphatic carbocycles. The summed E-state index contributed by atoms with van der Waals surface area (Å²) in [6.07, 6.45) is 5.74. The van der Waals surface area contributed by atoms with Gasteiger partial charge in [0.25, 0.3) is 0 Å². The van der Waals surface area contributed by atoms with Crippen molar-refractivity contribution in [3.63, 3.8) is 0 Å². The van der Waals surface area contributed by atoms with Crippen LogP contribution in [0.5, 0.6) is 0 Å². The lowest BCUT2D eigenvalue weighted by atomic mass is 9.88. The second-order valence-corrected chi connectivity index (χ2v) is 5.34. The van der Waals surface area contributed by atoms with Crippen molar-refractivity contribution in [2.45, 2.75) is 46.6 Å². The van der Waals surface area contributed by atoms with E-state index in [1.165, 1.54) is 6.42 Å². The standard InChI is InChI=1S/C13H23N3/c1-5-15-11(6-8-13(2,3)4)12-7-9-14-10-16-12/h7,9-11,15H,5-6,8H2,1-4H3. The SMILES string of the molecule is CCNC(CCC(C)(C)C)c1ccncn1. The van der Waals surface area contributed by atoms with Gasteiger partial charge in [-0.3, -0.25) is 0 Å². The Balaban J connectivity index is 2.61. The van der Waals surface area contributed by atoms with Gasteiger partial charge in [0, 0.05) is 12.2 Å². The van der Waals surface area contributed by atoms with Crippen LogP contribution in [0, 0.1) is 5.41 Å². The molecule has 0 bridgehead atoms. The normalized spacial score (nSPS) is 13.8. The van der Waals surface area contributed by atoms with Crippen molar-refractivity contribution in [3.05, 3.63) is 24.3 Å². The highest BCUT2D eigenvalue weighted by atomic mass is 14.9. The van der Waals surface area contributed by atoms with E-state index in [1.54, 1.807) is 6.33 Å². The van der Waals surface area contributed by atoms with Crippen molar-refractivity contribution in [3.8, 4) is 0 Å². The van der Waals surface area contributed by atoms with Crippen LogP contribution in [0.1, 0.15) is 52.3 Å². The summed E-state index contributed by atoms with van der Waals surface area (Å²) in [7, 11) is 0. The molecule has 0 aromatic carbocycles. The topological polar surface area (TPSA) is 37.8 Å². The zero-order chi connectivity index (χ0) is 12.0. The van der Waals surface area contributed by atoms with Crippen molar-refractivity contribution in [2.75, 3.05) is 6.54 Å². The summed E-state index contributed by atoms with van der Waals surface area (Å²) in [5.41, 5.74) is 1.47. The summed E-state index contributed by atoms with van der Waals surface area (Å²) in [5.74, 6) is 0. The van der Waals surface area contributed by atoms with E-state index in [0.717, 1.165) is 18.7 Å². The lowest BCUT2D eigenvalue weighted by Gasteiger charge is -2.23. The highest BCUT2D eigenvalue weighted by Gasteiger charge is 2.16. The molecule has 1 aromatic rings. The first-order valence-corrected chi connectivity index (χ1v) is 6.02. The Morgan fingerprint density at radius 1 is 1.38 bits per heavy atom. The van der Waals surface area contributed by atoms with Crippen molar-refractivity contribution in [1.82, 2.24) is 15.3 Å². The zero-order valence-corrected chi connectivity index (χ0v) is 10.8. The van der Waals surface area contributed by atoms with Crippen LogP contribution in [0.3, 0.4) is 0 Å². The van der Waals surface area contributed by atoms with Crippen LogP contribution in [0.25, 0.3) is 0 Å². The molecule has 16 heavy (non-hydrogen) atoms. The van der Waals surface area contributed by atoms with Gasteiger partial charge in [-0.15, -0.1) is 0 Å². The molecule has 0 saturated heterocycles. The molecular formula is C13H23N3. The molecule has 1 heterocycles. The molecule has 0 spiro atoms. The van der Waals surface area contributed by atoms with Crippen LogP contribution < -0.4 is 5.32 Å². The monoisotopic (exact) mass is 221 g/mol. The summed E-state index contributed by atoms with van der Waals surface area (Å²) in [4.78, 5) is 8.28. The molecule has 1 unspecified atom stereocenters. The summed E-state index contributed by atoms with van der Waals surface area (Å²) in [6.45, 7) is 9.92. The third-order valence-electron chi connectivity index (χ3n) is 2.60. The fraction of sp³-hybridized carbons (Fsp3) is 0.692. The average Bonchev–Trinajstić information content (AvgIpc) is 2.24. The molecule has 0 radical (unpaired) electrons. The highest BCUT2D eigenvalue weighted by Crippen LogP contribution is 2.26. The molecule has 0 amide bonds. The van der Waals surface area contributed by atoms with Crippen molar-refractivity contribution in [1.29, 1.82) is 0 Å². The third kappa shape index (κ3) is 4.71. The molecule has 1 aromatic heterocycles. The lowest BCUT2D eigenvalue weighted by molar-refractivity contribution is 0.331. The number of nitrogens with zero attached hydrogens (tertiary/aromatic N) is 2. The zero-order valence-electron chi connectivity index (χ0n) is 10.8. The van der Waals surface area contributed by atoms with Gasteiger partial charge in [-0.2, -0.15) is 0 Å². The Morgan fingerprint density at radius 2 is 2.12 bits per heavy atom. The second kappa shape index (κ2) is 5.94. The predicted octanol–water partition coefficient (Wildman–Crippen LogP) is 2.95. The quantitative estimate of drug-likeness (QED) is 0.830.